The van der Waals surface area contributed by atoms with Crippen LogP contribution in [0.15, 0.2) is 12.5 Å². The molecular weight excluding hydrogens is 142 g/mol. The van der Waals surface area contributed by atoms with Crippen LogP contribution < -0.4 is 5.73 Å². The highest BCUT2D eigenvalue weighted by Crippen LogP contribution is 2.06. The van der Waals surface area contributed by atoms with Crippen LogP contribution in [-0.4, -0.2) is 19.6 Å². The number of fused-ring (bicyclic) bond motifs is 1. The number of nitrogen functional groups attached to an aromatic ring is 1. The van der Waals surface area contributed by atoms with Gasteiger partial charge in [-0.3, -0.25) is 0 Å². The normalized spacial score (nSPS) is 10.6. The van der Waals surface area contributed by atoms with E-state index in [2.05, 4.69) is 15.1 Å². The zero-order valence-electron chi connectivity index (χ0n) is 6.02. The van der Waals surface area contributed by atoms with Crippen LogP contribution in [0.2, 0.25) is 0 Å². The number of hydrogen-bond donors (Lipinski definition) is 1. The van der Waals surface area contributed by atoms with Crippen molar-refractivity contribution < 1.29 is 0 Å². The molecule has 0 aromatic carbocycles. The third-order valence-corrected chi connectivity index (χ3v) is 1.41. The van der Waals surface area contributed by atoms with E-state index in [0.29, 0.717) is 11.5 Å². The molecule has 0 radical (unpaired) electrons. The van der Waals surface area contributed by atoms with Crippen LogP contribution in [-0.2, 0) is 0 Å². The summed E-state index contributed by atoms with van der Waals surface area (Å²) in [5.41, 5.74) is 7.04. The van der Waals surface area contributed by atoms with E-state index < -0.39 is 0 Å². The van der Waals surface area contributed by atoms with Gasteiger partial charge in [0.25, 0.3) is 0 Å². The number of rotatable bonds is 0. The molecule has 0 fully saturated rings. The first-order valence-electron chi connectivity index (χ1n) is 3.20. The SMILES string of the molecule is Cc1cn2ncnc(N)c2n1. The van der Waals surface area contributed by atoms with E-state index in [-0.39, 0.29) is 0 Å². The van der Waals surface area contributed by atoms with Crippen molar-refractivity contribution in [1.82, 2.24) is 19.6 Å². The van der Waals surface area contributed by atoms with Crippen molar-refractivity contribution in [1.29, 1.82) is 0 Å². The van der Waals surface area contributed by atoms with Gasteiger partial charge in [0.2, 0.25) is 0 Å². The summed E-state index contributed by atoms with van der Waals surface area (Å²) in [6.45, 7) is 1.88. The topological polar surface area (TPSA) is 69.1 Å². The molecule has 2 aromatic rings. The Morgan fingerprint density at radius 1 is 1.55 bits per heavy atom. The molecule has 0 aliphatic rings. The molecule has 0 amide bonds. The van der Waals surface area contributed by atoms with Gasteiger partial charge < -0.3 is 5.73 Å². The van der Waals surface area contributed by atoms with E-state index in [1.807, 2.05) is 6.92 Å². The highest BCUT2D eigenvalue weighted by atomic mass is 15.3. The molecule has 2 rings (SSSR count). The summed E-state index contributed by atoms with van der Waals surface area (Å²) in [5, 5.41) is 3.93. The van der Waals surface area contributed by atoms with Crippen LogP contribution in [0, 0.1) is 6.92 Å². The number of imidazole rings is 1. The van der Waals surface area contributed by atoms with Gasteiger partial charge in [-0.15, -0.1) is 0 Å². The lowest BCUT2D eigenvalue weighted by Crippen LogP contribution is -1.98. The standard InChI is InChI=1S/C6H7N5/c1-4-2-11-6(10-4)5(7)8-3-9-11/h2-3H,1H3,(H2,7,8,9). The van der Waals surface area contributed by atoms with Crippen molar-refractivity contribution in [3.63, 3.8) is 0 Å². The highest BCUT2D eigenvalue weighted by molar-refractivity contribution is 5.58. The van der Waals surface area contributed by atoms with Crippen molar-refractivity contribution in [2.75, 3.05) is 5.73 Å². The molecule has 0 bridgehead atoms. The summed E-state index contributed by atoms with van der Waals surface area (Å²) in [6.07, 6.45) is 3.21. The second kappa shape index (κ2) is 1.91. The predicted molar refractivity (Wildman–Crippen MR) is 39.9 cm³/mol. The van der Waals surface area contributed by atoms with E-state index in [9.17, 15) is 0 Å². The molecule has 0 saturated carbocycles. The largest absolute Gasteiger partial charge is 0.381 e. The number of nitrogens with zero attached hydrogens (tertiary/aromatic N) is 4. The van der Waals surface area contributed by atoms with E-state index in [4.69, 9.17) is 5.73 Å². The molecule has 2 aromatic heterocycles. The number of aromatic nitrogens is 4. The number of anilines is 1. The third kappa shape index (κ3) is 0.813. The van der Waals surface area contributed by atoms with Crippen LogP contribution in [0.4, 0.5) is 5.82 Å². The van der Waals surface area contributed by atoms with Crippen molar-refractivity contribution >= 4 is 11.5 Å². The summed E-state index contributed by atoms with van der Waals surface area (Å²) >= 11 is 0. The maximum Gasteiger partial charge on any atom is 0.196 e. The Bertz CT molecular complexity index is 391. The number of nitrogens with two attached hydrogens (primary N) is 1. The van der Waals surface area contributed by atoms with E-state index in [0.717, 1.165) is 5.69 Å². The van der Waals surface area contributed by atoms with Gasteiger partial charge >= 0.3 is 0 Å². The average Bonchev–Trinajstić information content (AvgIpc) is 2.31. The summed E-state index contributed by atoms with van der Waals surface area (Å²) in [5.74, 6) is 0.410. The van der Waals surface area contributed by atoms with Crippen molar-refractivity contribution in [3.8, 4) is 0 Å². The Morgan fingerprint density at radius 2 is 2.36 bits per heavy atom. The van der Waals surface area contributed by atoms with Crippen LogP contribution in [0.3, 0.4) is 0 Å². The van der Waals surface area contributed by atoms with Crippen LogP contribution in [0.25, 0.3) is 5.65 Å². The van der Waals surface area contributed by atoms with Gasteiger partial charge in [-0.05, 0) is 6.92 Å². The molecule has 0 spiro atoms. The second-order valence-corrected chi connectivity index (χ2v) is 2.30. The zero-order valence-corrected chi connectivity index (χ0v) is 6.02. The summed E-state index contributed by atoms with van der Waals surface area (Å²) < 4.78 is 1.61. The fraction of sp³-hybridized carbons (Fsp3) is 0.167. The first-order chi connectivity index (χ1) is 5.27. The molecule has 56 valence electrons. The van der Waals surface area contributed by atoms with Crippen LogP contribution in [0.1, 0.15) is 5.69 Å². The molecule has 5 heteroatoms. The molecule has 0 aliphatic carbocycles. The van der Waals surface area contributed by atoms with Gasteiger partial charge in [0.15, 0.2) is 11.5 Å². The van der Waals surface area contributed by atoms with Gasteiger partial charge in [-0.1, -0.05) is 0 Å². The van der Waals surface area contributed by atoms with Crippen molar-refractivity contribution in [2.24, 2.45) is 0 Å². The lowest BCUT2D eigenvalue weighted by Gasteiger charge is -1.91. The van der Waals surface area contributed by atoms with Crippen molar-refractivity contribution in [3.05, 3.63) is 18.2 Å². The monoisotopic (exact) mass is 149 g/mol. The smallest absolute Gasteiger partial charge is 0.196 e. The first-order valence-corrected chi connectivity index (χ1v) is 3.20. The summed E-state index contributed by atoms with van der Waals surface area (Å²) in [6, 6.07) is 0. The van der Waals surface area contributed by atoms with Gasteiger partial charge in [-0.2, -0.15) is 5.10 Å². The maximum absolute atomic E-state index is 5.54. The highest BCUT2D eigenvalue weighted by Gasteiger charge is 2.01. The minimum atomic E-state index is 0.410. The van der Waals surface area contributed by atoms with Gasteiger partial charge in [0.1, 0.15) is 6.33 Å². The Balaban J connectivity index is 2.90. The summed E-state index contributed by atoms with van der Waals surface area (Å²) in [7, 11) is 0. The lowest BCUT2D eigenvalue weighted by molar-refractivity contribution is 0.901. The quantitative estimate of drug-likeness (QED) is 0.573. The van der Waals surface area contributed by atoms with Crippen LogP contribution >= 0.6 is 0 Å². The first kappa shape index (κ1) is 6.09. The molecule has 0 unspecified atom stereocenters. The van der Waals surface area contributed by atoms with Gasteiger partial charge in [0.05, 0.1) is 11.9 Å². The Kier molecular flexibility index (Phi) is 1.06. The Labute approximate surface area is 62.9 Å². The molecule has 11 heavy (non-hydrogen) atoms. The lowest BCUT2D eigenvalue weighted by atomic mass is 10.6. The van der Waals surface area contributed by atoms with E-state index in [1.165, 1.54) is 6.33 Å². The van der Waals surface area contributed by atoms with Crippen LogP contribution in [0.5, 0.6) is 0 Å². The molecular formula is C6H7N5. The summed E-state index contributed by atoms with van der Waals surface area (Å²) in [4.78, 5) is 7.93. The fourth-order valence-corrected chi connectivity index (χ4v) is 0.949. The predicted octanol–water partition coefficient (Wildman–Crippen LogP) is 0.0149. The molecule has 2 N–H and O–H groups in total. The molecule has 0 atom stereocenters. The van der Waals surface area contributed by atoms with Gasteiger partial charge in [0, 0.05) is 0 Å². The van der Waals surface area contributed by atoms with Crippen molar-refractivity contribution in [2.45, 2.75) is 6.92 Å². The van der Waals surface area contributed by atoms with E-state index in [1.54, 1.807) is 10.7 Å². The van der Waals surface area contributed by atoms with E-state index >= 15 is 0 Å². The third-order valence-electron chi connectivity index (χ3n) is 1.41. The maximum atomic E-state index is 5.54. The Hall–Kier alpha value is -1.65. The Morgan fingerprint density at radius 3 is 3.09 bits per heavy atom. The number of aryl methyl sites for hydroxylation is 1. The second-order valence-electron chi connectivity index (χ2n) is 2.30. The minimum Gasteiger partial charge on any atom is -0.381 e. The molecule has 0 saturated heterocycles. The molecule has 2 heterocycles. The average molecular weight is 149 g/mol. The number of hydrogen-bond acceptors (Lipinski definition) is 4. The zero-order chi connectivity index (χ0) is 7.84. The molecule has 5 nitrogen and oxygen atoms in total. The molecule has 0 aliphatic heterocycles. The fourth-order valence-electron chi connectivity index (χ4n) is 0.949. The minimum absolute atomic E-state index is 0.410. The van der Waals surface area contributed by atoms with Gasteiger partial charge in [-0.25, -0.2) is 14.5 Å².